The smallest absolute Gasteiger partial charge is 0.413 e. The number of imide groups is 1. The molecular weight excluding hydrogens is 324 g/mol. The minimum atomic E-state index is -0.723. The lowest BCUT2D eigenvalue weighted by Crippen LogP contribution is -2.32. The topological polar surface area (TPSA) is 77.5 Å². The number of amides is 2. The molecule has 118 valence electrons. The van der Waals surface area contributed by atoms with E-state index in [1.807, 2.05) is 25.1 Å². The van der Waals surface area contributed by atoms with E-state index in [0.29, 0.717) is 6.61 Å². The molecular formula is C14H16N2O4S2. The molecule has 1 aromatic carbocycles. The minimum absolute atomic E-state index is 0.108. The Balaban J connectivity index is 1.94. The summed E-state index contributed by atoms with van der Waals surface area (Å²) in [5.41, 5.74) is 0.863. The van der Waals surface area contributed by atoms with Crippen LogP contribution in [-0.2, 0) is 9.53 Å². The summed E-state index contributed by atoms with van der Waals surface area (Å²) in [7, 11) is 0. The van der Waals surface area contributed by atoms with Crippen molar-refractivity contribution in [3.63, 3.8) is 0 Å². The Kier molecular flexibility index (Phi) is 6.02. The first kappa shape index (κ1) is 16.6. The quantitative estimate of drug-likeness (QED) is 0.814. The first-order chi connectivity index (χ1) is 10.6. The molecule has 0 aliphatic heterocycles. The molecule has 0 radical (unpaired) electrons. The monoisotopic (exact) mass is 340 g/mol. The van der Waals surface area contributed by atoms with E-state index in [2.05, 4.69) is 15.0 Å². The lowest BCUT2D eigenvalue weighted by molar-refractivity contribution is -0.117. The number of nitrogens with one attached hydrogen (secondary N) is 1. The van der Waals surface area contributed by atoms with Gasteiger partial charge >= 0.3 is 6.09 Å². The maximum Gasteiger partial charge on any atom is 0.413 e. The van der Waals surface area contributed by atoms with Gasteiger partial charge in [-0.1, -0.05) is 11.8 Å². The third-order valence-corrected chi connectivity index (χ3v) is 4.66. The molecule has 0 bridgehead atoms. The average molecular weight is 340 g/mol. The second-order valence-corrected chi connectivity index (χ2v) is 6.35. The molecule has 6 nitrogen and oxygen atoms in total. The second kappa shape index (κ2) is 8.00. The van der Waals surface area contributed by atoms with Gasteiger partial charge in [0.25, 0.3) is 0 Å². The molecule has 1 heterocycles. The minimum Gasteiger partial charge on any atom is -0.494 e. The summed E-state index contributed by atoms with van der Waals surface area (Å²) in [5.74, 6) is 0.504. The summed E-state index contributed by atoms with van der Waals surface area (Å²) in [6.45, 7) is 4.45. The van der Waals surface area contributed by atoms with Gasteiger partial charge in [-0.15, -0.1) is 11.3 Å². The van der Waals surface area contributed by atoms with Crippen LogP contribution in [0.3, 0.4) is 0 Å². The number of ether oxygens (including phenoxy) is 2. The van der Waals surface area contributed by atoms with Crippen LogP contribution < -0.4 is 10.1 Å². The van der Waals surface area contributed by atoms with E-state index in [4.69, 9.17) is 4.74 Å². The predicted octanol–water partition coefficient (Wildman–Crippen LogP) is 3.06. The zero-order chi connectivity index (χ0) is 15.9. The molecule has 0 saturated carbocycles. The number of benzene rings is 1. The van der Waals surface area contributed by atoms with Crippen molar-refractivity contribution in [2.75, 3.05) is 19.0 Å². The fourth-order valence-electron chi connectivity index (χ4n) is 1.65. The highest BCUT2D eigenvalue weighted by molar-refractivity contribution is 8.01. The molecule has 2 aromatic rings. The van der Waals surface area contributed by atoms with Gasteiger partial charge in [-0.2, -0.15) is 0 Å². The summed E-state index contributed by atoms with van der Waals surface area (Å²) >= 11 is 2.76. The van der Waals surface area contributed by atoms with Crippen LogP contribution in [0, 0.1) is 0 Å². The standard InChI is InChI=1S/C14H16N2O4S2/c1-3-19-9-5-6-10-11(7-9)22-14(15-10)21-8-12(17)16-13(18)20-4-2/h5-7H,3-4,8H2,1-2H3,(H,16,17,18). The maximum atomic E-state index is 11.6. The molecule has 1 N–H and O–H groups in total. The van der Waals surface area contributed by atoms with Gasteiger partial charge in [0, 0.05) is 0 Å². The van der Waals surface area contributed by atoms with Crippen molar-refractivity contribution >= 4 is 45.3 Å². The molecule has 0 spiro atoms. The maximum absolute atomic E-state index is 11.6. The molecule has 8 heteroatoms. The number of hydrogen-bond acceptors (Lipinski definition) is 7. The van der Waals surface area contributed by atoms with Crippen LogP contribution in [0.15, 0.2) is 22.5 Å². The van der Waals surface area contributed by atoms with E-state index in [-0.39, 0.29) is 12.4 Å². The third kappa shape index (κ3) is 4.60. The van der Waals surface area contributed by atoms with E-state index in [0.717, 1.165) is 20.3 Å². The number of carbonyl (C=O) groups excluding carboxylic acids is 2. The first-order valence-electron chi connectivity index (χ1n) is 6.75. The van der Waals surface area contributed by atoms with Gasteiger partial charge in [0.1, 0.15) is 5.75 Å². The normalized spacial score (nSPS) is 10.5. The van der Waals surface area contributed by atoms with Crippen LogP contribution in [0.1, 0.15) is 13.8 Å². The fraction of sp³-hybridized carbons (Fsp3) is 0.357. The van der Waals surface area contributed by atoms with Crippen LogP contribution in [0.4, 0.5) is 4.79 Å². The van der Waals surface area contributed by atoms with E-state index in [1.54, 1.807) is 6.92 Å². The lowest BCUT2D eigenvalue weighted by Gasteiger charge is -2.02. The Hall–Kier alpha value is -1.80. The molecule has 0 saturated heterocycles. The number of carbonyl (C=O) groups is 2. The summed E-state index contributed by atoms with van der Waals surface area (Å²) in [6, 6.07) is 5.69. The first-order valence-corrected chi connectivity index (χ1v) is 8.55. The van der Waals surface area contributed by atoms with Crippen molar-refractivity contribution in [3.8, 4) is 5.75 Å². The van der Waals surface area contributed by atoms with Gasteiger partial charge in [0.15, 0.2) is 4.34 Å². The molecule has 2 rings (SSSR count). The van der Waals surface area contributed by atoms with Crippen LogP contribution in [0.2, 0.25) is 0 Å². The highest BCUT2D eigenvalue weighted by Crippen LogP contribution is 2.31. The van der Waals surface area contributed by atoms with E-state index in [9.17, 15) is 9.59 Å². The van der Waals surface area contributed by atoms with E-state index >= 15 is 0 Å². The van der Waals surface area contributed by atoms with E-state index in [1.165, 1.54) is 23.1 Å². The SMILES string of the molecule is CCOC(=O)NC(=O)CSc1nc2ccc(OCC)cc2s1. The van der Waals surface area contributed by atoms with Crippen molar-refractivity contribution in [3.05, 3.63) is 18.2 Å². The van der Waals surface area contributed by atoms with Gasteiger partial charge in [-0.3, -0.25) is 10.1 Å². The summed E-state index contributed by atoms with van der Waals surface area (Å²) in [5, 5.41) is 2.15. The predicted molar refractivity (Wildman–Crippen MR) is 86.7 cm³/mol. The highest BCUT2D eigenvalue weighted by Gasteiger charge is 2.11. The Labute approximate surface area is 136 Å². The fourth-order valence-corrected chi connectivity index (χ4v) is 3.54. The number of aromatic nitrogens is 1. The Morgan fingerprint density at radius 1 is 1.32 bits per heavy atom. The average Bonchev–Trinajstić information content (AvgIpc) is 2.88. The van der Waals surface area contributed by atoms with Gasteiger partial charge in [-0.25, -0.2) is 9.78 Å². The van der Waals surface area contributed by atoms with Crippen molar-refractivity contribution in [2.24, 2.45) is 0 Å². The zero-order valence-corrected chi connectivity index (χ0v) is 13.9. The Morgan fingerprint density at radius 2 is 2.14 bits per heavy atom. The molecule has 0 aliphatic rings. The zero-order valence-electron chi connectivity index (χ0n) is 12.3. The van der Waals surface area contributed by atoms with Crippen LogP contribution >= 0.6 is 23.1 Å². The van der Waals surface area contributed by atoms with E-state index < -0.39 is 12.0 Å². The Bertz CT molecular complexity index is 672. The molecule has 1 aromatic heterocycles. The second-order valence-electron chi connectivity index (χ2n) is 4.10. The van der Waals surface area contributed by atoms with Crippen molar-refractivity contribution in [1.82, 2.24) is 10.3 Å². The molecule has 0 atom stereocenters. The van der Waals surface area contributed by atoms with Gasteiger partial charge < -0.3 is 9.47 Å². The number of thioether (sulfide) groups is 1. The highest BCUT2D eigenvalue weighted by atomic mass is 32.2. The van der Waals surface area contributed by atoms with Gasteiger partial charge in [0.2, 0.25) is 5.91 Å². The van der Waals surface area contributed by atoms with Crippen molar-refractivity contribution < 1.29 is 19.1 Å². The van der Waals surface area contributed by atoms with Crippen LogP contribution in [0.5, 0.6) is 5.75 Å². The van der Waals surface area contributed by atoms with Gasteiger partial charge in [0.05, 0.1) is 29.2 Å². The number of thiazole rings is 1. The lowest BCUT2D eigenvalue weighted by atomic mass is 10.3. The summed E-state index contributed by atoms with van der Waals surface area (Å²) in [4.78, 5) is 27.1. The molecule has 0 fully saturated rings. The van der Waals surface area contributed by atoms with Crippen molar-refractivity contribution in [1.29, 1.82) is 0 Å². The Morgan fingerprint density at radius 3 is 2.86 bits per heavy atom. The summed E-state index contributed by atoms with van der Waals surface area (Å²) < 4.78 is 11.9. The molecule has 0 aliphatic carbocycles. The van der Waals surface area contributed by atoms with Crippen molar-refractivity contribution in [2.45, 2.75) is 18.2 Å². The number of rotatable bonds is 6. The van der Waals surface area contributed by atoms with Gasteiger partial charge in [-0.05, 0) is 32.0 Å². The number of fused-ring (bicyclic) bond motifs is 1. The molecule has 22 heavy (non-hydrogen) atoms. The number of alkyl carbamates (subject to hydrolysis) is 1. The van der Waals surface area contributed by atoms with Crippen LogP contribution in [0.25, 0.3) is 10.2 Å². The summed E-state index contributed by atoms with van der Waals surface area (Å²) in [6.07, 6.45) is -0.723. The molecule has 0 unspecified atom stereocenters. The number of hydrogen-bond donors (Lipinski definition) is 1. The largest absolute Gasteiger partial charge is 0.494 e. The number of nitrogens with zero attached hydrogens (tertiary/aromatic N) is 1. The third-order valence-electron chi connectivity index (χ3n) is 2.49. The van der Waals surface area contributed by atoms with Crippen LogP contribution in [-0.4, -0.2) is 36.0 Å². The molecule has 2 amide bonds.